The number of rotatable bonds is 6. The number of ketones is 1. The third-order valence-electron chi connectivity index (χ3n) is 2.41. The zero-order valence-electron chi connectivity index (χ0n) is 10.6. The Labute approximate surface area is 122 Å². The predicted molar refractivity (Wildman–Crippen MR) is 74.5 cm³/mol. The van der Waals surface area contributed by atoms with Gasteiger partial charge in [-0.1, -0.05) is 6.07 Å². The minimum absolute atomic E-state index is 0.00641. The van der Waals surface area contributed by atoms with Gasteiger partial charge in [0, 0.05) is 0 Å². The number of carbonyl (C=O) groups is 3. The molecule has 21 heavy (non-hydrogen) atoms. The van der Waals surface area contributed by atoms with Crippen molar-refractivity contribution in [3.05, 3.63) is 46.5 Å². The average Bonchev–Trinajstić information content (AvgIpc) is 3.14. The number of amides is 1. The fraction of sp³-hybridized carbons (Fsp3) is 0.0769. The smallest absolute Gasteiger partial charge is 0.352 e. The van der Waals surface area contributed by atoms with Gasteiger partial charge in [-0.3, -0.25) is 9.59 Å². The van der Waals surface area contributed by atoms with Crippen LogP contribution in [0.4, 0.5) is 0 Å². The molecule has 0 aliphatic carbocycles. The molecule has 0 spiro atoms. The molecule has 0 saturated heterocycles. The maximum atomic E-state index is 11.8. The number of furan rings is 1. The van der Waals surface area contributed by atoms with Gasteiger partial charge in [-0.2, -0.15) is 5.10 Å². The average molecular weight is 306 g/mol. The van der Waals surface area contributed by atoms with Crippen molar-refractivity contribution in [3.63, 3.8) is 0 Å². The number of nitrogens with one attached hydrogen (secondary N) is 1. The number of Topliss-reactive ketones (excluding diaryl/α,β-unsaturated/α-hetero) is 1. The first-order chi connectivity index (χ1) is 10.1. The molecule has 1 amide bonds. The van der Waals surface area contributed by atoms with Gasteiger partial charge in [-0.25, -0.2) is 10.2 Å². The van der Waals surface area contributed by atoms with Crippen molar-refractivity contribution in [2.45, 2.75) is 6.42 Å². The summed E-state index contributed by atoms with van der Waals surface area (Å²) >= 11 is 1.21. The SMILES string of the molecule is O=C(O)C(CC(=O)c1cccs1)=NNC(=O)c1ccco1. The van der Waals surface area contributed by atoms with E-state index in [9.17, 15) is 14.4 Å². The Morgan fingerprint density at radius 1 is 1.29 bits per heavy atom. The van der Waals surface area contributed by atoms with Crippen LogP contribution < -0.4 is 5.43 Å². The fourth-order valence-electron chi connectivity index (χ4n) is 1.42. The van der Waals surface area contributed by atoms with Crippen LogP contribution in [-0.2, 0) is 4.79 Å². The topological polar surface area (TPSA) is 109 Å². The molecule has 2 heterocycles. The van der Waals surface area contributed by atoms with Crippen LogP contribution in [-0.4, -0.2) is 28.5 Å². The molecule has 2 aromatic heterocycles. The first-order valence-corrected chi connectivity index (χ1v) is 6.66. The Morgan fingerprint density at radius 3 is 2.67 bits per heavy atom. The Bertz CT molecular complexity index is 673. The Kier molecular flexibility index (Phi) is 4.62. The highest BCUT2D eigenvalue weighted by atomic mass is 32.1. The highest BCUT2D eigenvalue weighted by Crippen LogP contribution is 2.11. The molecule has 0 aliphatic heterocycles. The van der Waals surface area contributed by atoms with Crippen molar-refractivity contribution in [3.8, 4) is 0 Å². The molecule has 2 N–H and O–H groups in total. The van der Waals surface area contributed by atoms with Crippen LogP contribution in [0.1, 0.15) is 26.6 Å². The summed E-state index contributed by atoms with van der Waals surface area (Å²) in [5.41, 5.74) is 1.59. The lowest BCUT2D eigenvalue weighted by molar-refractivity contribution is -0.129. The van der Waals surface area contributed by atoms with E-state index in [2.05, 4.69) is 5.10 Å². The molecule has 0 unspecified atom stereocenters. The number of carboxylic acid groups (broad SMARTS) is 1. The molecule has 108 valence electrons. The molecule has 0 bridgehead atoms. The van der Waals surface area contributed by atoms with E-state index >= 15 is 0 Å². The molecule has 2 rings (SSSR count). The summed E-state index contributed by atoms with van der Waals surface area (Å²) < 4.78 is 4.83. The van der Waals surface area contributed by atoms with Crippen molar-refractivity contribution >= 4 is 34.7 Å². The number of carboxylic acids is 1. The quantitative estimate of drug-likeness (QED) is 0.480. The van der Waals surface area contributed by atoms with Gasteiger partial charge in [-0.05, 0) is 23.6 Å². The van der Waals surface area contributed by atoms with E-state index < -0.39 is 24.0 Å². The summed E-state index contributed by atoms with van der Waals surface area (Å²) in [6, 6.07) is 6.20. The van der Waals surface area contributed by atoms with Crippen molar-refractivity contribution in [1.29, 1.82) is 0 Å². The predicted octanol–water partition coefficient (Wildman–Crippen LogP) is 1.78. The van der Waals surface area contributed by atoms with Crippen LogP contribution >= 0.6 is 11.3 Å². The van der Waals surface area contributed by atoms with Crippen LogP contribution in [0.25, 0.3) is 0 Å². The third-order valence-corrected chi connectivity index (χ3v) is 3.32. The van der Waals surface area contributed by atoms with E-state index in [-0.39, 0.29) is 11.5 Å². The Hall–Kier alpha value is -2.74. The molecule has 0 radical (unpaired) electrons. The zero-order valence-corrected chi connectivity index (χ0v) is 11.4. The normalized spacial score (nSPS) is 11.1. The third kappa shape index (κ3) is 3.86. The summed E-state index contributed by atoms with van der Waals surface area (Å²) in [5, 5.41) is 14.2. The van der Waals surface area contributed by atoms with Crippen molar-refractivity contribution in [2.24, 2.45) is 5.10 Å². The van der Waals surface area contributed by atoms with E-state index in [1.54, 1.807) is 17.5 Å². The summed E-state index contributed by atoms with van der Waals surface area (Å²) in [6.07, 6.45) is 0.894. The van der Waals surface area contributed by atoms with E-state index in [0.29, 0.717) is 4.88 Å². The van der Waals surface area contributed by atoms with Gasteiger partial charge in [0.25, 0.3) is 0 Å². The van der Waals surface area contributed by atoms with Gasteiger partial charge in [0.05, 0.1) is 17.6 Å². The number of nitrogens with zero attached hydrogens (tertiary/aromatic N) is 1. The van der Waals surface area contributed by atoms with Gasteiger partial charge in [0.2, 0.25) is 0 Å². The minimum atomic E-state index is -1.38. The molecule has 0 atom stereocenters. The number of hydrazone groups is 1. The van der Waals surface area contributed by atoms with E-state index in [4.69, 9.17) is 9.52 Å². The summed E-state index contributed by atoms with van der Waals surface area (Å²) in [5.74, 6) is -2.45. The zero-order chi connectivity index (χ0) is 15.2. The van der Waals surface area contributed by atoms with Gasteiger partial charge >= 0.3 is 11.9 Å². The second kappa shape index (κ2) is 6.62. The van der Waals surface area contributed by atoms with Crippen LogP contribution in [0.2, 0.25) is 0 Å². The standard InChI is InChI=1S/C13H10N2O5S/c16-9(11-4-2-6-21-11)7-8(13(18)19)14-15-12(17)10-3-1-5-20-10/h1-6H,7H2,(H,15,17)(H,18,19). The minimum Gasteiger partial charge on any atom is -0.477 e. The fourth-order valence-corrected chi connectivity index (χ4v) is 2.08. The second-order valence-corrected chi connectivity index (χ2v) is 4.81. The van der Waals surface area contributed by atoms with Crippen molar-refractivity contribution in [1.82, 2.24) is 5.43 Å². The number of aliphatic carboxylic acids is 1. The second-order valence-electron chi connectivity index (χ2n) is 3.86. The summed E-state index contributed by atoms with van der Waals surface area (Å²) in [7, 11) is 0. The van der Waals surface area contributed by atoms with Crippen LogP contribution in [0.3, 0.4) is 0 Å². The monoisotopic (exact) mass is 306 g/mol. The summed E-state index contributed by atoms with van der Waals surface area (Å²) in [6.45, 7) is 0. The largest absolute Gasteiger partial charge is 0.477 e. The molecule has 2 aromatic rings. The number of carbonyl (C=O) groups excluding carboxylic acids is 2. The Morgan fingerprint density at radius 2 is 2.10 bits per heavy atom. The van der Waals surface area contributed by atoms with Crippen molar-refractivity contribution < 1.29 is 23.9 Å². The van der Waals surface area contributed by atoms with Crippen LogP contribution in [0, 0.1) is 0 Å². The first-order valence-electron chi connectivity index (χ1n) is 5.78. The van der Waals surface area contributed by atoms with E-state index in [1.807, 2.05) is 5.43 Å². The molecule has 0 aliphatic rings. The molecular weight excluding hydrogens is 296 g/mol. The van der Waals surface area contributed by atoms with Gasteiger partial charge in [0.15, 0.2) is 17.3 Å². The molecule has 8 heteroatoms. The number of thiophene rings is 1. The van der Waals surface area contributed by atoms with Crippen molar-refractivity contribution in [2.75, 3.05) is 0 Å². The van der Waals surface area contributed by atoms with E-state index in [0.717, 1.165) is 0 Å². The lowest BCUT2D eigenvalue weighted by atomic mass is 10.1. The van der Waals surface area contributed by atoms with Gasteiger partial charge in [-0.15, -0.1) is 11.3 Å². The maximum Gasteiger partial charge on any atom is 0.352 e. The maximum absolute atomic E-state index is 11.8. The lowest BCUT2D eigenvalue weighted by Gasteiger charge is -2.01. The lowest BCUT2D eigenvalue weighted by Crippen LogP contribution is -2.24. The molecule has 0 saturated carbocycles. The van der Waals surface area contributed by atoms with Crippen LogP contribution in [0.5, 0.6) is 0 Å². The highest BCUT2D eigenvalue weighted by Gasteiger charge is 2.18. The number of hydrogen-bond donors (Lipinski definition) is 2. The first kappa shape index (κ1) is 14.7. The van der Waals surface area contributed by atoms with Gasteiger partial charge < -0.3 is 9.52 Å². The van der Waals surface area contributed by atoms with Gasteiger partial charge in [0.1, 0.15) is 0 Å². The summed E-state index contributed by atoms with van der Waals surface area (Å²) in [4.78, 5) is 34.9. The molecular formula is C13H10N2O5S. The Balaban J connectivity index is 2.05. The van der Waals surface area contributed by atoms with Crippen LogP contribution in [0.15, 0.2) is 45.4 Å². The molecule has 0 aromatic carbocycles. The van der Waals surface area contributed by atoms with E-state index in [1.165, 1.54) is 29.7 Å². The molecule has 0 fully saturated rings. The molecule has 7 nitrogen and oxygen atoms in total. The number of hydrogen-bond acceptors (Lipinski definition) is 6. The highest BCUT2D eigenvalue weighted by molar-refractivity contribution is 7.12.